The van der Waals surface area contributed by atoms with Crippen molar-refractivity contribution in [1.82, 2.24) is 20.2 Å². The molecule has 2 aromatic carbocycles. The first-order chi connectivity index (χ1) is 17.9. The van der Waals surface area contributed by atoms with E-state index < -0.39 is 6.04 Å². The number of aromatic amines is 1. The largest absolute Gasteiger partial charge is 0.465 e. The Hall–Kier alpha value is -3.92. The molecule has 0 aliphatic carbocycles. The Kier molecular flexibility index (Phi) is 8.73. The number of nitrogens with zero attached hydrogens (tertiary/aromatic N) is 2. The molecule has 0 spiro atoms. The quantitative estimate of drug-likeness (QED) is 0.144. The second kappa shape index (κ2) is 12.4. The number of carbonyl (C=O) groups is 2. The molecule has 1 amide bonds. The number of nitrogen functional groups attached to an aromatic ring is 1. The van der Waals surface area contributed by atoms with Crippen molar-refractivity contribution in [3.8, 4) is 0 Å². The van der Waals surface area contributed by atoms with Gasteiger partial charge in [-0.3, -0.25) is 20.3 Å². The number of anilines is 1. The van der Waals surface area contributed by atoms with Crippen LogP contribution in [0.15, 0.2) is 42.5 Å². The van der Waals surface area contributed by atoms with Crippen LogP contribution in [0, 0.1) is 5.41 Å². The molecule has 196 valence electrons. The fourth-order valence-electron chi connectivity index (χ4n) is 4.51. The summed E-state index contributed by atoms with van der Waals surface area (Å²) in [6.45, 7) is 4.28. The van der Waals surface area contributed by atoms with Crippen molar-refractivity contribution in [3.05, 3.63) is 59.4 Å². The molecule has 1 aliphatic heterocycles. The number of esters is 1. The van der Waals surface area contributed by atoms with Gasteiger partial charge in [-0.2, -0.15) is 0 Å². The molecule has 1 saturated heterocycles. The number of carbonyl (C=O) groups excluding carboxylic acids is 2. The molecule has 1 atom stereocenters. The number of fused-ring (bicyclic) bond motifs is 1. The molecule has 2 heterocycles. The summed E-state index contributed by atoms with van der Waals surface area (Å²) in [5, 5.41) is 13.9. The molecule has 4 rings (SSSR count). The average Bonchev–Trinajstić information content (AvgIpc) is 3.56. The fraction of sp³-hybridized carbons (Fsp3) is 0.407. The number of H-pyrrole nitrogens is 1. The van der Waals surface area contributed by atoms with Gasteiger partial charge >= 0.3 is 5.97 Å². The Labute approximate surface area is 216 Å². The monoisotopic (exact) mass is 505 g/mol. The number of nitrogens with two attached hydrogens (primary N) is 1. The molecule has 10 nitrogen and oxygen atoms in total. The second-order valence-electron chi connectivity index (χ2n) is 9.18. The molecule has 1 aromatic heterocycles. The molecule has 0 saturated carbocycles. The van der Waals surface area contributed by atoms with Gasteiger partial charge in [0.15, 0.2) is 0 Å². The lowest BCUT2D eigenvalue weighted by molar-refractivity contribution is -0.142. The number of rotatable bonds is 12. The summed E-state index contributed by atoms with van der Waals surface area (Å²) >= 11 is 0. The van der Waals surface area contributed by atoms with Crippen LogP contribution in [0.5, 0.6) is 0 Å². The van der Waals surface area contributed by atoms with Crippen molar-refractivity contribution in [2.45, 2.75) is 38.6 Å². The smallest absolute Gasteiger partial charge is 0.319 e. The second-order valence-corrected chi connectivity index (χ2v) is 9.18. The summed E-state index contributed by atoms with van der Waals surface area (Å²) in [5.74, 6) is 0.577. The number of likely N-dealkylation sites (tertiary alicyclic amines) is 1. The number of hydrogen-bond acceptors (Lipinski definition) is 7. The standard InChI is InChI=1S/C27H35N7O3/c1-2-37-25(35)17-31-23(27(36)34-13-3-4-14-34)16-18-5-10-21-22(15-18)33-24(32-21)11-12-30-20-8-6-19(7-9-20)26(28)29/h5-10,15,23,30-31H,2-4,11-14,16-17H2,1H3,(H3,28,29)(H,32,33). The van der Waals surface area contributed by atoms with Gasteiger partial charge in [0.2, 0.25) is 5.91 Å². The number of amides is 1. The molecule has 1 fully saturated rings. The number of ether oxygens (including phenoxy) is 1. The normalized spacial score (nSPS) is 14.0. The van der Waals surface area contributed by atoms with Gasteiger partial charge in [0.05, 0.1) is 30.2 Å². The van der Waals surface area contributed by atoms with Gasteiger partial charge in [-0.25, -0.2) is 4.98 Å². The molecule has 0 radical (unpaired) electrons. The van der Waals surface area contributed by atoms with Crippen molar-refractivity contribution in [3.63, 3.8) is 0 Å². The maximum absolute atomic E-state index is 13.1. The van der Waals surface area contributed by atoms with E-state index in [4.69, 9.17) is 15.9 Å². The van der Waals surface area contributed by atoms with E-state index in [0.717, 1.165) is 54.0 Å². The van der Waals surface area contributed by atoms with Crippen molar-refractivity contribution in [2.75, 3.05) is 38.1 Å². The van der Waals surface area contributed by atoms with Gasteiger partial charge in [-0.15, -0.1) is 0 Å². The lowest BCUT2D eigenvalue weighted by atomic mass is 10.0. The van der Waals surface area contributed by atoms with Crippen LogP contribution in [-0.4, -0.2) is 71.4 Å². The van der Waals surface area contributed by atoms with Crippen LogP contribution in [0.4, 0.5) is 5.69 Å². The molecule has 1 unspecified atom stereocenters. The zero-order valence-corrected chi connectivity index (χ0v) is 21.2. The predicted molar refractivity (Wildman–Crippen MR) is 144 cm³/mol. The van der Waals surface area contributed by atoms with Crippen LogP contribution in [-0.2, 0) is 27.2 Å². The van der Waals surface area contributed by atoms with Gasteiger partial charge in [0.25, 0.3) is 0 Å². The first kappa shape index (κ1) is 26.2. The number of aromatic nitrogens is 2. The van der Waals surface area contributed by atoms with Gasteiger partial charge < -0.3 is 25.7 Å². The van der Waals surface area contributed by atoms with E-state index in [1.807, 2.05) is 47.4 Å². The van der Waals surface area contributed by atoms with E-state index in [0.29, 0.717) is 31.6 Å². The summed E-state index contributed by atoms with van der Waals surface area (Å²) in [7, 11) is 0. The molecule has 6 N–H and O–H groups in total. The van der Waals surface area contributed by atoms with E-state index in [1.165, 1.54) is 0 Å². The summed E-state index contributed by atoms with van der Waals surface area (Å²) in [4.78, 5) is 35.0. The summed E-state index contributed by atoms with van der Waals surface area (Å²) in [6.07, 6.45) is 3.20. The highest BCUT2D eigenvalue weighted by molar-refractivity contribution is 5.95. The van der Waals surface area contributed by atoms with Crippen molar-refractivity contribution < 1.29 is 14.3 Å². The third-order valence-corrected chi connectivity index (χ3v) is 6.44. The Morgan fingerprint density at radius 3 is 2.65 bits per heavy atom. The van der Waals surface area contributed by atoms with Gasteiger partial charge in [-0.1, -0.05) is 6.07 Å². The average molecular weight is 506 g/mol. The molecule has 10 heteroatoms. The zero-order valence-electron chi connectivity index (χ0n) is 21.2. The lowest BCUT2D eigenvalue weighted by Crippen LogP contribution is -2.48. The minimum atomic E-state index is -0.499. The van der Waals surface area contributed by atoms with Gasteiger partial charge in [-0.05, 0) is 68.1 Å². The van der Waals surface area contributed by atoms with Gasteiger partial charge in [0.1, 0.15) is 11.7 Å². The number of hydrogen-bond donors (Lipinski definition) is 5. The van der Waals surface area contributed by atoms with E-state index >= 15 is 0 Å². The number of amidine groups is 1. The van der Waals surface area contributed by atoms with E-state index in [2.05, 4.69) is 20.6 Å². The van der Waals surface area contributed by atoms with Crippen molar-refractivity contribution >= 4 is 34.4 Å². The molecule has 37 heavy (non-hydrogen) atoms. The molecule has 0 bridgehead atoms. The van der Waals surface area contributed by atoms with Crippen LogP contribution in [0.25, 0.3) is 11.0 Å². The first-order valence-corrected chi connectivity index (χ1v) is 12.8. The minimum Gasteiger partial charge on any atom is -0.465 e. The third kappa shape index (κ3) is 7.07. The van der Waals surface area contributed by atoms with Crippen LogP contribution in [0.2, 0.25) is 0 Å². The molecule has 1 aliphatic rings. The third-order valence-electron chi connectivity index (χ3n) is 6.44. The van der Waals surface area contributed by atoms with E-state index in [1.54, 1.807) is 6.92 Å². The van der Waals surface area contributed by atoms with Crippen LogP contribution in [0.1, 0.15) is 36.7 Å². The molecular weight excluding hydrogens is 470 g/mol. The van der Waals surface area contributed by atoms with Crippen LogP contribution >= 0.6 is 0 Å². The van der Waals surface area contributed by atoms with E-state index in [9.17, 15) is 9.59 Å². The highest BCUT2D eigenvalue weighted by Crippen LogP contribution is 2.18. The Morgan fingerprint density at radius 1 is 1.19 bits per heavy atom. The lowest BCUT2D eigenvalue weighted by Gasteiger charge is -2.24. The van der Waals surface area contributed by atoms with Crippen LogP contribution in [0.3, 0.4) is 0 Å². The van der Waals surface area contributed by atoms with Crippen LogP contribution < -0.4 is 16.4 Å². The Balaban J connectivity index is 1.38. The summed E-state index contributed by atoms with van der Waals surface area (Å²) in [6, 6.07) is 12.9. The first-order valence-electron chi connectivity index (χ1n) is 12.8. The number of benzene rings is 2. The Bertz CT molecular complexity index is 1230. The summed E-state index contributed by atoms with van der Waals surface area (Å²) < 4.78 is 5.02. The maximum Gasteiger partial charge on any atom is 0.319 e. The maximum atomic E-state index is 13.1. The predicted octanol–water partition coefficient (Wildman–Crippen LogP) is 2.19. The van der Waals surface area contributed by atoms with Crippen molar-refractivity contribution in [2.24, 2.45) is 5.73 Å². The topological polar surface area (TPSA) is 149 Å². The molecular formula is C27H35N7O3. The fourth-order valence-corrected chi connectivity index (χ4v) is 4.51. The molecule has 3 aromatic rings. The van der Waals surface area contributed by atoms with Gasteiger partial charge in [0, 0.05) is 37.3 Å². The SMILES string of the molecule is CCOC(=O)CNC(Cc1ccc2nc(CCNc3ccc(C(=N)N)cc3)[nH]c2c1)C(=O)N1CCCC1. The van der Waals surface area contributed by atoms with E-state index in [-0.39, 0.29) is 24.3 Å². The highest BCUT2D eigenvalue weighted by Gasteiger charge is 2.27. The number of imidazole rings is 1. The van der Waals surface area contributed by atoms with Crippen molar-refractivity contribution in [1.29, 1.82) is 5.41 Å². The minimum absolute atomic E-state index is 0.000977. The Morgan fingerprint density at radius 2 is 1.95 bits per heavy atom. The highest BCUT2D eigenvalue weighted by atomic mass is 16.5. The number of nitrogens with one attached hydrogen (secondary N) is 4. The zero-order chi connectivity index (χ0) is 26.2. The summed E-state index contributed by atoms with van der Waals surface area (Å²) in [5.41, 5.74) is 9.92.